The summed E-state index contributed by atoms with van der Waals surface area (Å²) >= 11 is 1.75. The molecule has 3 heterocycles. The van der Waals surface area contributed by atoms with Gasteiger partial charge in [0.15, 0.2) is 0 Å². The minimum absolute atomic E-state index is 0.0240. The second kappa shape index (κ2) is 6.57. The number of amides is 1. The number of hydrogen-bond donors (Lipinski definition) is 0. The van der Waals surface area contributed by atoms with Crippen LogP contribution in [0.1, 0.15) is 26.8 Å². The molecule has 4 rings (SSSR count). The van der Waals surface area contributed by atoms with Crippen LogP contribution in [-0.2, 0) is 6.54 Å². The maximum Gasteiger partial charge on any atom is 0.259 e. The zero-order chi connectivity index (χ0) is 17.4. The third kappa shape index (κ3) is 3.17. The molecule has 1 amide bonds. The Hall–Kier alpha value is -2.25. The van der Waals surface area contributed by atoms with Crippen LogP contribution >= 0.6 is 11.3 Å². The normalized spacial score (nSPS) is 15.8. The first-order chi connectivity index (χ1) is 12.1. The lowest BCUT2D eigenvalue weighted by Gasteiger charge is -2.34. The van der Waals surface area contributed by atoms with Crippen molar-refractivity contribution >= 4 is 27.5 Å². The number of aromatic nitrogens is 2. The van der Waals surface area contributed by atoms with Gasteiger partial charge in [0.2, 0.25) is 0 Å². The third-order valence-corrected chi connectivity index (χ3v) is 5.62. The van der Waals surface area contributed by atoms with Crippen molar-refractivity contribution < 1.29 is 9.32 Å². The number of hydrogen-bond acceptors (Lipinski definition) is 6. The Kier molecular flexibility index (Phi) is 4.27. The van der Waals surface area contributed by atoms with E-state index < -0.39 is 0 Å². The number of piperazine rings is 1. The molecule has 1 aromatic carbocycles. The average Bonchev–Trinajstić information content (AvgIpc) is 3.17. The van der Waals surface area contributed by atoms with Crippen molar-refractivity contribution in [3.05, 3.63) is 46.3 Å². The molecule has 7 heteroatoms. The van der Waals surface area contributed by atoms with E-state index in [0.717, 1.165) is 30.2 Å². The number of aryl methyl sites for hydroxylation is 2. The summed E-state index contributed by atoms with van der Waals surface area (Å²) in [4.78, 5) is 21.6. The quantitative estimate of drug-likeness (QED) is 0.722. The molecule has 0 spiro atoms. The number of nitrogens with zero attached hydrogens (tertiary/aromatic N) is 4. The molecule has 130 valence electrons. The summed E-state index contributed by atoms with van der Waals surface area (Å²) in [5.74, 6) is 0.621. The second-order valence-corrected chi connectivity index (χ2v) is 7.46. The molecule has 0 saturated carbocycles. The van der Waals surface area contributed by atoms with Crippen molar-refractivity contribution in [2.45, 2.75) is 20.4 Å². The van der Waals surface area contributed by atoms with E-state index >= 15 is 0 Å². The van der Waals surface area contributed by atoms with Gasteiger partial charge in [0.05, 0.1) is 22.5 Å². The first-order valence-electron chi connectivity index (χ1n) is 8.41. The minimum Gasteiger partial charge on any atom is -0.361 e. The van der Waals surface area contributed by atoms with Crippen molar-refractivity contribution in [3.63, 3.8) is 0 Å². The molecule has 6 nitrogen and oxygen atoms in total. The summed E-state index contributed by atoms with van der Waals surface area (Å²) in [5.41, 5.74) is 2.34. The van der Waals surface area contributed by atoms with Crippen LogP contribution < -0.4 is 0 Å². The van der Waals surface area contributed by atoms with Crippen molar-refractivity contribution in [2.75, 3.05) is 26.2 Å². The van der Waals surface area contributed by atoms with Gasteiger partial charge < -0.3 is 9.42 Å². The number of thiazole rings is 1. The molecule has 1 aliphatic rings. The largest absolute Gasteiger partial charge is 0.361 e. The fourth-order valence-electron chi connectivity index (χ4n) is 3.23. The van der Waals surface area contributed by atoms with E-state index in [4.69, 9.17) is 9.51 Å². The van der Waals surface area contributed by atoms with Crippen LogP contribution in [0.3, 0.4) is 0 Å². The fourth-order valence-corrected chi connectivity index (χ4v) is 4.24. The summed E-state index contributed by atoms with van der Waals surface area (Å²) in [6.45, 7) is 7.58. The fraction of sp³-hybridized carbons (Fsp3) is 0.389. The number of fused-ring (bicyclic) bond motifs is 1. The van der Waals surface area contributed by atoms with Crippen molar-refractivity contribution in [1.82, 2.24) is 19.9 Å². The Morgan fingerprint density at radius 3 is 2.64 bits per heavy atom. The summed E-state index contributed by atoms with van der Waals surface area (Å²) < 4.78 is 6.35. The van der Waals surface area contributed by atoms with Crippen LogP contribution in [0.25, 0.3) is 10.2 Å². The van der Waals surface area contributed by atoms with E-state index in [9.17, 15) is 4.79 Å². The number of carbonyl (C=O) groups excluding carboxylic acids is 1. The molecule has 0 N–H and O–H groups in total. The molecule has 0 radical (unpaired) electrons. The zero-order valence-electron chi connectivity index (χ0n) is 14.4. The standard InChI is InChI=1S/C18H20N4O2S/c1-12-17(13(2)24-20-12)18(23)22-9-7-21(8-10-22)11-16-19-14-5-3-4-6-15(14)25-16/h3-6H,7-11H2,1-2H3. The molecular formula is C18H20N4O2S. The Balaban J connectivity index is 1.39. The molecule has 0 aliphatic carbocycles. The molecular weight excluding hydrogens is 336 g/mol. The van der Waals surface area contributed by atoms with Gasteiger partial charge in [0, 0.05) is 26.2 Å². The van der Waals surface area contributed by atoms with E-state index in [-0.39, 0.29) is 5.91 Å². The van der Waals surface area contributed by atoms with Gasteiger partial charge in [-0.25, -0.2) is 4.98 Å². The molecule has 25 heavy (non-hydrogen) atoms. The van der Waals surface area contributed by atoms with E-state index in [1.165, 1.54) is 4.70 Å². The molecule has 1 aliphatic heterocycles. The summed E-state index contributed by atoms with van der Waals surface area (Å²) in [5, 5.41) is 5.02. The molecule has 1 saturated heterocycles. The predicted octanol–water partition coefficient (Wildman–Crippen LogP) is 2.86. The highest BCUT2D eigenvalue weighted by atomic mass is 32.1. The van der Waals surface area contributed by atoms with Gasteiger partial charge in [-0.15, -0.1) is 11.3 Å². The van der Waals surface area contributed by atoms with Crippen LogP contribution in [0.2, 0.25) is 0 Å². The monoisotopic (exact) mass is 356 g/mol. The van der Waals surface area contributed by atoms with Gasteiger partial charge in [-0.05, 0) is 26.0 Å². The lowest BCUT2D eigenvalue weighted by Crippen LogP contribution is -2.48. The molecule has 0 bridgehead atoms. The lowest BCUT2D eigenvalue weighted by atomic mass is 10.1. The van der Waals surface area contributed by atoms with E-state index in [2.05, 4.69) is 22.2 Å². The van der Waals surface area contributed by atoms with Crippen LogP contribution in [0, 0.1) is 13.8 Å². The van der Waals surface area contributed by atoms with E-state index in [1.54, 1.807) is 18.3 Å². The number of para-hydroxylation sites is 1. The van der Waals surface area contributed by atoms with Crippen molar-refractivity contribution in [3.8, 4) is 0 Å². The summed E-state index contributed by atoms with van der Waals surface area (Å²) in [7, 11) is 0. The van der Waals surface area contributed by atoms with E-state index in [1.807, 2.05) is 24.0 Å². The Morgan fingerprint density at radius 1 is 1.20 bits per heavy atom. The SMILES string of the molecule is Cc1noc(C)c1C(=O)N1CCN(Cc2nc3ccccc3s2)CC1. The Bertz CT molecular complexity index is 856. The molecule has 0 atom stereocenters. The second-order valence-electron chi connectivity index (χ2n) is 6.34. The molecule has 3 aromatic rings. The molecule has 2 aromatic heterocycles. The van der Waals surface area contributed by atoms with Crippen LogP contribution in [0.4, 0.5) is 0 Å². The predicted molar refractivity (Wildman–Crippen MR) is 96.8 cm³/mol. The van der Waals surface area contributed by atoms with Gasteiger partial charge in [0.1, 0.15) is 16.3 Å². The van der Waals surface area contributed by atoms with Gasteiger partial charge in [-0.3, -0.25) is 9.69 Å². The number of rotatable bonds is 3. The lowest BCUT2D eigenvalue weighted by molar-refractivity contribution is 0.0626. The Morgan fingerprint density at radius 2 is 1.96 bits per heavy atom. The number of carbonyl (C=O) groups is 1. The summed E-state index contributed by atoms with van der Waals surface area (Å²) in [6, 6.07) is 8.22. The first kappa shape index (κ1) is 16.2. The van der Waals surface area contributed by atoms with Gasteiger partial charge in [-0.2, -0.15) is 0 Å². The average molecular weight is 356 g/mol. The first-order valence-corrected chi connectivity index (χ1v) is 9.22. The molecule has 0 unspecified atom stereocenters. The Labute approximate surface area is 150 Å². The third-order valence-electron chi connectivity index (χ3n) is 4.60. The van der Waals surface area contributed by atoms with Crippen molar-refractivity contribution in [1.29, 1.82) is 0 Å². The number of benzene rings is 1. The van der Waals surface area contributed by atoms with Crippen LogP contribution in [0.15, 0.2) is 28.8 Å². The summed E-state index contributed by atoms with van der Waals surface area (Å²) in [6.07, 6.45) is 0. The van der Waals surface area contributed by atoms with Gasteiger partial charge in [0.25, 0.3) is 5.91 Å². The maximum atomic E-state index is 12.7. The molecule has 1 fully saturated rings. The zero-order valence-corrected chi connectivity index (χ0v) is 15.2. The topological polar surface area (TPSA) is 62.5 Å². The smallest absolute Gasteiger partial charge is 0.259 e. The minimum atomic E-state index is 0.0240. The van der Waals surface area contributed by atoms with Crippen LogP contribution in [-0.4, -0.2) is 52.0 Å². The highest BCUT2D eigenvalue weighted by Crippen LogP contribution is 2.23. The van der Waals surface area contributed by atoms with Gasteiger partial charge >= 0.3 is 0 Å². The highest BCUT2D eigenvalue weighted by Gasteiger charge is 2.27. The van der Waals surface area contributed by atoms with Crippen LogP contribution in [0.5, 0.6) is 0 Å². The van der Waals surface area contributed by atoms with E-state index in [0.29, 0.717) is 30.1 Å². The van der Waals surface area contributed by atoms with Gasteiger partial charge in [-0.1, -0.05) is 17.3 Å². The maximum absolute atomic E-state index is 12.7. The highest BCUT2D eigenvalue weighted by molar-refractivity contribution is 7.18. The van der Waals surface area contributed by atoms with Crippen molar-refractivity contribution in [2.24, 2.45) is 0 Å².